The molecule has 34 heavy (non-hydrogen) atoms. The first-order valence-electron chi connectivity index (χ1n) is 11.5. The fourth-order valence-corrected chi connectivity index (χ4v) is 5.63. The highest BCUT2D eigenvalue weighted by Gasteiger charge is 2.27. The summed E-state index contributed by atoms with van der Waals surface area (Å²) in [7, 11) is -3.60. The van der Waals surface area contributed by atoms with E-state index in [1.807, 2.05) is 23.7 Å². The molecule has 5 rings (SSSR count). The van der Waals surface area contributed by atoms with Crippen LogP contribution in [-0.2, 0) is 30.4 Å². The van der Waals surface area contributed by atoms with Crippen LogP contribution >= 0.6 is 11.5 Å². The lowest BCUT2D eigenvalue weighted by Crippen LogP contribution is -2.44. The number of anilines is 1. The van der Waals surface area contributed by atoms with Crippen molar-refractivity contribution < 1.29 is 22.1 Å². The number of nitrogens with zero attached hydrogens (tertiary/aromatic N) is 5. The van der Waals surface area contributed by atoms with Gasteiger partial charge in [0, 0.05) is 18.7 Å². The van der Waals surface area contributed by atoms with E-state index >= 15 is 0 Å². The molecule has 0 radical (unpaired) electrons. The zero-order valence-electron chi connectivity index (χ0n) is 19.6. The van der Waals surface area contributed by atoms with Crippen LogP contribution in [0.1, 0.15) is 43.7 Å². The molecule has 0 saturated carbocycles. The molecule has 2 fully saturated rings. The summed E-state index contributed by atoms with van der Waals surface area (Å²) < 4.78 is 47.7. The molecule has 2 atom stereocenters. The third kappa shape index (κ3) is 4.82. The van der Waals surface area contributed by atoms with Gasteiger partial charge in [-0.15, -0.1) is 0 Å². The normalized spacial score (nSPS) is 21.9. The van der Waals surface area contributed by atoms with Gasteiger partial charge in [-0.05, 0) is 56.8 Å². The second-order valence-corrected chi connectivity index (χ2v) is 11.3. The molecule has 0 N–H and O–H groups in total. The molecule has 2 unspecified atom stereocenters. The van der Waals surface area contributed by atoms with Crippen LogP contribution in [0.4, 0.5) is 5.82 Å². The molecule has 12 heteroatoms. The summed E-state index contributed by atoms with van der Waals surface area (Å²) in [6.07, 6.45) is 3.96. The molecule has 0 aliphatic carbocycles. The number of ether oxygens (including phenoxy) is 2. The van der Waals surface area contributed by atoms with Crippen molar-refractivity contribution in [2.75, 3.05) is 37.5 Å². The fourth-order valence-electron chi connectivity index (χ4n) is 4.46. The number of rotatable bonds is 6. The van der Waals surface area contributed by atoms with E-state index in [9.17, 15) is 8.42 Å². The SMILES string of the molecule is Cc1cc(-c2nsc3c(COS(C)(=O)=O)cc(N4CCOCC4C)nc23)n(C2CCCCO2)n1. The maximum absolute atomic E-state index is 11.7. The molecule has 184 valence electrons. The summed E-state index contributed by atoms with van der Waals surface area (Å²) in [5.41, 5.74) is 3.90. The number of aryl methyl sites for hydroxylation is 1. The highest BCUT2D eigenvalue weighted by Crippen LogP contribution is 2.37. The number of hydrogen-bond acceptors (Lipinski definition) is 10. The van der Waals surface area contributed by atoms with Crippen molar-refractivity contribution in [3.63, 3.8) is 0 Å². The Labute approximate surface area is 203 Å². The predicted molar refractivity (Wildman–Crippen MR) is 129 cm³/mol. The maximum Gasteiger partial charge on any atom is 0.264 e. The van der Waals surface area contributed by atoms with E-state index in [1.165, 1.54) is 11.5 Å². The average molecular weight is 508 g/mol. The Kier molecular flexibility index (Phi) is 6.60. The molecule has 5 heterocycles. The third-order valence-corrected chi connectivity index (χ3v) is 7.57. The van der Waals surface area contributed by atoms with Crippen molar-refractivity contribution in [3.8, 4) is 11.4 Å². The molecule has 2 saturated heterocycles. The minimum Gasteiger partial charge on any atom is -0.377 e. The van der Waals surface area contributed by atoms with E-state index in [2.05, 4.69) is 11.8 Å². The van der Waals surface area contributed by atoms with Gasteiger partial charge in [-0.2, -0.15) is 17.9 Å². The van der Waals surface area contributed by atoms with Crippen LogP contribution < -0.4 is 4.90 Å². The summed E-state index contributed by atoms with van der Waals surface area (Å²) in [6, 6.07) is 4.05. The van der Waals surface area contributed by atoms with Gasteiger partial charge in [0.15, 0.2) is 6.23 Å². The maximum atomic E-state index is 11.7. The van der Waals surface area contributed by atoms with Crippen LogP contribution in [0.15, 0.2) is 12.1 Å². The average Bonchev–Trinajstić information content (AvgIpc) is 3.41. The molecule has 0 amide bonds. The molecule has 0 bridgehead atoms. The second kappa shape index (κ2) is 9.50. The molecule has 3 aromatic rings. The van der Waals surface area contributed by atoms with E-state index in [-0.39, 0.29) is 18.9 Å². The van der Waals surface area contributed by atoms with Crippen molar-refractivity contribution >= 4 is 37.7 Å². The monoisotopic (exact) mass is 507 g/mol. The molecule has 2 aliphatic heterocycles. The van der Waals surface area contributed by atoms with Gasteiger partial charge in [0.1, 0.15) is 17.0 Å². The fraction of sp³-hybridized carbons (Fsp3) is 0.591. The molecule has 0 aromatic carbocycles. The van der Waals surface area contributed by atoms with E-state index in [1.54, 1.807) is 0 Å². The minimum atomic E-state index is -3.60. The van der Waals surface area contributed by atoms with Crippen LogP contribution in [-0.4, -0.2) is 66.2 Å². The van der Waals surface area contributed by atoms with E-state index in [4.69, 9.17) is 28.1 Å². The first kappa shape index (κ1) is 23.6. The van der Waals surface area contributed by atoms with Crippen LogP contribution in [0.25, 0.3) is 21.6 Å². The first-order valence-corrected chi connectivity index (χ1v) is 14.1. The molecule has 10 nitrogen and oxygen atoms in total. The number of pyridine rings is 1. The Bertz CT molecular complexity index is 1280. The van der Waals surface area contributed by atoms with Gasteiger partial charge in [-0.25, -0.2) is 9.67 Å². The van der Waals surface area contributed by atoms with E-state index in [0.29, 0.717) is 31.9 Å². The zero-order valence-corrected chi connectivity index (χ0v) is 21.2. The highest BCUT2D eigenvalue weighted by molar-refractivity contribution is 7.85. The number of morpholine rings is 1. The summed E-state index contributed by atoms with van der Waals surface area (Å²) in [6.45, 7) is 6.60. The number of hydrogen-bond donors (Lipinski definition) is 0. The Hall–Kier alpha value is -2.12. The Morgan fingerprint density at radius 1 is 1.26 bits per heavy atom. The predicted octanol–water partition coefficient (Wildman–Crippen LogP) is 3.26. The van der Waals surface area contributed by atoms with Gasteiger partial charge in [-0.3, -0.25) is 4.18 Å². The Morgan fingerprint density at radius 2 is 2.12 bits per heavy atom. The van der Waals surface area contributed by atoms with Crippen molar-refractivity contribution in [1.29, 1.82) is 0 Å². The van der Waals surface area contributed by atoms with Gasteiger partial charge in [0.25, 0.3) is 10.1 Å². The number of fused-ring (bicyclic) bond motifs is 1. The zero-order chi connectivity index (χ0) is 23.9. The second-order valence-electron chi connectivity index (χ2n) is 8.87. The van der Waals surface area contributed by atoms with Crippen LogP contribution in [0.5, 0.6) is 0 Å². The van der Waals surface area contributed by atoms with Crippen molar-refractivity contribution in [2.45, 2.75) is 52.0 Å². The van der Waals surface area contributed by atoms with Crippen LogP contribution in [0.3, 0.4) is 0 Å². The van der Waals surface area contributed by atoms with Gasteiger partial charge < -0.3 is 14.4 Å². The summed E-state index contributed by atoms with van der Waals surface area (Å²) in [4.78, 5) is 7.20. The van der Waals surface area contributed by atoms with Gasteiger partial charge >= 0.3 is 0 Å². The minimum absolute atomic E-state index is 0.0742. The lowest BCUT2D eigenvalue weighted by Gasteiger charge is -2.34. The smallest absolute Gasteiger partial charge is 0.264 e. The van der Waals surface area contributed by atoms with Crippen LogP contribution in [0, 0.1) is 6.92 Å². The lowest BCUT2D eigenvalue weighted by atomic mass is 10.1. The Balaban J connectivity index is 1.63. The first-order chi connectivity index (χ1) is 16.3. The topological polar surface area (TPSA) is 109 Å². The standard InChI is InChI=1S/C22H29N5O5S2/c1-14-10-17(27(24-14)19-6-4-5-8-31-19)20-21-22(33-25-20)16(13-32-34(3,28)29)11-18(23-21)26-7-9-30-12-15(26)2/h10-11,15,19H,4-9,12-13H2,1-3H3. The molecule has 3 aromatic heterocycles. The van der Waals surface area contributed by atoms with Crippen molar-refractivity contribution in [2.24, 2.45) is 0 Å². The van der Waals surface area contributed by atoms with E-state index < -0.39 is 10.1 Å². The third-order valence-electron chi connectivity index (χ3n) is 6.11. The molecule has 0 spiro atoms. The highest BCUT2D eigenvalue weighted by atomic mass is 32.2. The molecular weight excluding hydrogens is 478 g/mol. The molecule has 2 aliphatic rings. The summed E-state index contributed by atoms with van der Waals surface area (Å²) >= 11 is 1.29. The van der Waals surface area contributed by atoms with Gasteiger partial charge in [-0.1, -0.05) is 0 Å². The summed E-state index contributed by atoms with van der Waals surface area (Å²) in [5.74, 6) is 0.758. The largest absolute Gasteiger partial charge is 0.377 e. The lowest BCUT2D eigenvalue weighted by molar-refractivity contribution is -0.0385. The van der Waals surface area contributed by atoms with Crippen molar-refractivity contribution in [3.05, 3.63) is 23.4 Å². The Morgan fingerprint density at radius 3 is 2.85 bits per heavy atom. The van der Waals surface area contributed by atoms with E-state index in [0.717, 1.165) is 58.7 Å². The summed E-state index contributed by atoms with van der Waals surface area (Å²) in [5, 5.41) is 4.71. The van der Waals surface area contributed by atoms with Gasteiger partial charge in [0.05, 0.1) is 48.2 Å². The molecular formula is C22H29N5O5S2. The van der Waals surface area contributed by atoms with Gasteiger partial charge in [0.2, 0.25) is 0 Å². The van der Waals surface area contributed by atoms with Crippen molar-refractivity contribution in [1.82, 2.24) is 19.1 Å². The van der Waals surface area contributed by atoms with Crippen LogP contribution in [0.2, 0.25) is 0 Å². The quantitative estimate of drug-likeness (QED) is 0.464. The number of aromatic nitrogens is 4.